The molecule has 0 radical (unpaired) electrons. The lowest BCUT2D eigenvalue weighted by Gasteiger charge is -2.20. The first-order valence-corrected chi connectivity index (χ1v) is 13.4. The fourth-order valence-corrected chi connectivity index (χ4v) is 6.61. The van der Waals surface area contributed by atoms with Crippen molar-refractivity contribution in [2.75, 3.05) is 18.0 Å². The second kappa shape index (κ2) is 9.25. The Balaban J connectivity index is 1.48. The highest BCUT2D eigenvalue weighted by atomic mass is 32.2. The third-order valence-corrected chi connectivity index (χ3v) is 8.86. The minimum absolute atomic E-state index is 0.210. The fourth-order valence-electron chi connectivity index (χ4n) is 4.04. The summed E-state index contributed by atoms with van der Waals surface area (Å²) in [6, 6.07) is 16.0. The molecular weight excluding hydrogens is 468 g/mol. The molecule has 174 valence electrons. The van der Waals surface area contributed by atoms with Crippen LogP contribution in [0.2, 0.25) is 0 Å². The quantitative estimate of drug-likeness (QED) is 0.392. The largest absolute Gasteiger partial charge is 0.279 e. The topological polar surface area (TPSA) is 83.5 Å². The monoisotopic (exact) mass is 492 g/mol. The first-order chi connectivity index (χ1) is 16.4. The van der Waals surface area contributed by atoms with Crippen molar-refractivity contribution in [2.24, 2.45) is 0 Å². The Morgan fingerprint density at radius 1 is 1.03 bits per heavy atom. The maximum Gasteiger partial charge on any atom is 0.260 e. The van der Waals surface area contributed by atoms with E-state index in [0.717, 1.165) is 34.2 Å². The van der Waals surface area contributed by atoms with Gasteiger partial charge in [-0.3, -0.25) is 14.7 Å². The number of carbonyl (C=O) groups is 1. The molecule has 0 saturated carbocycles. The van der Waals surface area contributed by atoms with Crippen molar-refractivity contribution < 1.29 is 13.2 Å². The van der Waals surface area contributed by atoms with E-state index in [4.69, 9.17) is 4.98 Å². The molecule has 0 atom stereocenters. The van der Waals surface area contributed by atoms with E-state index in [1.54, 1.807) is 29.4 Å². The molecule has 7 nitrogen and oxygen atoms in total. The van der Waals surface area contributed by atoms with Crippen LogP contribution >= 0.6 is 11.3 Å². The van der Waals surface area contributed by atoms with Crippen LogP contribution in [0.3, 0.4) is 0 Å². The van der Waals surface area contributed by atoms with E-state index in [1.807, 2.05) is 31.2 Å². The molecular formula is C25H24N4O3S2. The smallest absolute Gasteiger partial charge is 0.260 e. The third-order valence-electron chi connectivity index (χ3n) is 5.90. The first kappa shape index (κ1) is 22.6. The normalized spacial score (nSPS) is 14.5. The summed E-state index contributed by atoms with van der Waals surface area (Å²) in [4.78, 5) is 24.2. The van der Waals surface area contributed by atoms with Crippen molar-refractivity contribution >= 4 is 42.6 Å². The summed E-state index contributed by atoms with van der Waals surface area (Å²) in [5.74, 6) is -0.238. The number of nitrogens with zero attached hydrogens (tertiary/aromatic N) is 4. The molecule has 0 aliphatic carbocycles. The van der Waals surface area contributed by atoms with Crippen molar-refractivity contribution in [2.45, 2.75) is 31.2 Å². The Morgan fingerprint density at radius 3 is 2.44 bits per heavy atom. The van der Waals surface area contributed by atoms with Gasteiger partial charge in [0, 0.05) is 31.0 Å². The Labute approximate surface area is 202 Å². The summed E-state index contributed by atoms with van der Waals surface area (Å²) in [7, 11) is -3.53. The average Bonchev–Trinajstić information content (AvgIpc) is 3.53. The molecule has 3 heterocycles. The van der Waals surface area contributed by atoms with Gasteiger partial charge >= 0.3 is 0 Å². The Hall–Kier alpha value is -3.14. The number of sulfonamides is 1. The zero-order valence-corrected chi connectivity index (χ0v) is 20.3. The molecule has 1 aliphatic rings. The standard InChI is InChI=1S/C25H24N4O3S2/c1-18-4-9-22-23(16-18)33-25(27-22)29(17-19-10-12-26-13-11-19)24(30)20-5-7-21(8-6-20)34(31,32)28-14-2-3-15-28/h4-13,16H,2-3,14-15,17H2,1H3. The number of anilines is 1. The average molecular weight is 493 g/mol. The lowest BCUT2D eigenvalue weighted by molar-refractivity contribution is 0.0985. The second-order valence-electron chi connectivity index (χ2n) is 8.35. The molecule has 1 saturated heterocycles. The minimum Gasteiger partial charge on any atom is -0.279 e. The van der Waals surface area contributed by atoms with Gasteiger partial charge in [0.05, 0.1) is 21.7 Å². The van der Waals surface area contributed by atoms with Gasteiger partial charge in [-0.15, -0.1) is 0 Å². The molecule has 0 bridgehead atoms. The zero-order valence-electron chi connectivity index (χ0n) is 18.7. The minimum atomic E-state index is -3.53. The number of rotatable bonds is 6. The van der Waals surface area contributed by atoms with Crippen LogP contribution in [0.25, 0.3) is 10.2 Å². The molecule has 1 aliphatic heterocycles. The molecule has 0 spiro atoms. The van der Waals surface area contributed by atoms with Gasteiger partial charge in [0.1, 0.15) is 0 Å². The highest BCUT2D eigenvalue weighted by Crippen LogP contribution is 2.32. The van der Waals surface area contributed by atoms with Gasteiger partial charge in [-0.05, 0) is 79.4 Å². The molecule has 1 fully saturated rings. The van der Waals surface area contributed by atoms with Crippen LogP contribution in [0.1, 0.15) is 34.3 Å². The maximum atomic E-state index is 13.6. The molecule has 9 heteroatoms. The van der Waals surface area contributed by atoms with E-state index in [9.17, 15) is 13.2 Å². The van der Waals surface area contributed by atoms with Crippen molar-refractivity contribution in [3.8, 4) is 0 Å². The number of benzene rings is 2. The summed E-state index contributed by atoms with van der Waals surface area (Å²) >= 11 is 1.46. The SMILES string of the molecule is Cc1ccc2nc(N(Cc3ccncc3)C(=O)c3ccc(S(=O)(=O)N4CCCC4)cc3)sc2c1. The Kier molecular flexibility index (Phi) is 6.16. The van der Waals surface area contributed by atoms with E-state index in [2.05, 4.69) is 11.1 Å². The van der Waals surface area contributed by atoms with Crippen molar-refractivity contribution in [3.05, 3.63) is 83.7 Å². The van der Waals surface area contributed by atoms with Crippen molar-refractivity contribution in [1.82, 2.24) is 14.3 Å². The summed E-state index contributed by atoms with van der Waals surface area (Å²) < 4.78 is 28.2. The fraction of sp³-hybridized carbons (Fsp3) is 0.240. The Morgan fingerprint density at radius 2 is 1.74 bits per heavy atom. The first-order valence-electron chi connectivity index (χ1n) is 11.1. The number of thiazole rings is 1. The van der Waals surface area contributed by atoms with Crippen LogP contribution in [0, 0.1) is 6.92 Å². The van der Waals surface area contributed by atoms with Crippen LogP contribution in [-0.2, 0) is 16.6 Å². The summed E-state index contributed by atoms with van der Waals surface area (Å²) in [5, 5.41) is 0.594. The Bertz CT molecular complexity index is 1430. The second-order valence-corrected chi connectivity index (χ2v) is 11.3. The van der Waals surface area contributed by atoms with E-state index in [1.165, 1.54) is 27.8 Å². The van der Waals surface area contributed by atoms with Gasteiger partial charge < -0.3 is 0 Å². The molecule has 2 aromatic carbocycles. The van der Waals surface area contributed by atoms with E-state index < -0.39 is 10.0 Å². The van der Waals surface area contributed by atoms with E-state index >= 15 is 0 Å². The van der Waals surface area contributed by atoms with Crippen molar-refractivity contribution in [1.29, 1.82) is 0 Å². The van der Waals surface area contributed by atoms with E-state index in [0.29, 0.717) is 30.3 Å². The lowest BCUT2D eigenvalue weighted by atomic mass is 10.2. The van der Waals surface area contributed by atoms with Gasteiger partial charge in [0.25, 0.3) is 5.91 Å². The number of amides is 1. The predicted octanol–water partition coefficient (Wildman–Crippen LogP) is 4.63. The molecule has 34 heavy (non-hydrogen) atoms. The van der Waals surface area contributed by atoms with Crippen LogP contribution in [0.4, 0.5) is 5.13 Å². The number of aryl methyl sites for hydroxylation is 1. The maximum absolute atomic E-state index is 13.6. The van der Waals surface area contributed by atoms with Gasteiger partial charge in [-0.1, -0.05) is 17.4 Å². The molecule has 4 aromatic rings. The highest BCUT2D eigenvalue weighted by molar-refractivity contribution is 7.89. The summed E-state index contributed by atoms with van der Waals surface area (Å²) in [5.41, 5.74) is 3.30. The predicted molar refractivity (Wildman–Crippen MR) is 134 cm³/mol. The number of hydrogen-bond donors (Lipinski definition) is 0. The summed E-state index contributed by atoms with van der Waals surface area (Å²) in [6.07, 6.45) is 5.14. The molecule has 0 unspecified atom stereocenters. The number of hydrogen-bond acceptors (Lipinski definition) is 6. The number of fused-ring (bicyclic) bond motifs is 1. The van der Waals surface area contributed by atoms with E-state index in [-0.39, 0.29) is 10.8 Å². The molecule has 5 rings (SSSR count). The van der Waals surface area contributed by atoms with Crippen LogP contribution in [0.5, 0.6) is 0 Å². The molecule has 1 amide bonds. The molecule has 2 aromatic heterocycles. The van der Waals surface area contributed by atoms with Gasteiger partial charge in [-0.25, -0.2) is 13.4 Å². The summed E-state index contributed by atoms with van der Waals surface area (Å²) in [6.45, 7) is 3.43. The van der Waals surface area contributed by atoms with Crippen LogP contribution in [0.15, 0.2) is 71.9 Å². The number of carbonyl (C=O) groups excluding carboxylic acids is 1. The number of aromatic nitrogens is 2. The molecule has 0 N–H and O–H groups in total. The van der Waals surface area contributed by atoms with Crippen LogP contribution in [-0.4, -0.2) is 41.7 Å². The highest BCUT2D eigenvalue weighted by Gasteiger charge is 2.28. The zero-order chi connectivity index (χ0) is 23.7. The lowest BCUT2D eigenvalue weighted by Crippen LogP contribution is -2.30. The third kappa shape index (κ3) is 4.46. The van der Waals surface area contributed by atoms with Gasteiger partial charge in [-0.2, -0.15) is 4.31 Å². The van der Waals surface area contributed by atoms with Crippen molar-refractivity contribution in [3.63, 3.8) is 0 Å². The van der Waals surface area contributed by atoms with Crippen LogP contribution < -0.4 is 4.90 Å². The van der Waals surface area contributed by atoms with Gasteiger partial charge in [0.2, 0.25) is 10.0 Å². The van der Waals surface area contributed by atoms with Gasteiger partial charge in [0.15, 0.2) is 5.13 Å². The number of pyridine rings is 1.